The second kappa shape index (κ2) is 58.1. The largest absolute Gasteiger partial charge is 0.462 e. The zero-order valence-corrected chi connectivity index (χ0v) is 45.7. The van der Waals surface area contributed by atoms with Crippen molar-refractivity contribution in [3.8, 4) is 0 Å². The molecule has 0 rings (SSSR count). The Hall–Kier alpha value is -4.45. The van der Waals surface area contributed by atoms with Crippen molar-refractivity contribution in [2.45, 2.75) is 245 Å². The predicted octanol–water partition coefficient (Wildman–Crippen LogP) is 19.4. The SMILES string of the molecule is CC/C=C\C/C=C\C/C=C\C/C=C\C/C=C\C/C=C\C/C=C\CCCCCC(=O)OCC(COC(=O)CCCCCCCCCCCCC)OC(=O)CCCCCC/C=C\C/C=C\C/C=C\C/C=C\CC. The molecule has 0 aliphatic heterocycles. The minimum Gasteiger partial charge on any atom is -0.462 e. The smallest absolute Gasteiger partial charge is 0.306 e. The van der Waals surface area contributed by atoms with E-state index in [4.69, 9.17) is 14.2 Å². The Kier molecular flexibility index (Phi) is 54.5. The lowest BCUT2D eigenvalue weighted by Crippen LogP contribution is -2.30. The van der Waals surface area contributed by atoms with Crippen LogP contribution in [0, 0.1) is 0 Å². The Morgan fingerprint density at radius 3 is 0.873 bits per heavy atom. The van der Waals surface area contributed by atoms with Crippen molar-refractivity contribution in [3.63, 3.8) is 0 Å². The lowest BCUT2D eigenvalue weighted by atomic mass is 10.1. The Morgan fingerprint density at radius 1 is 0.296 bits per heavy atom. The number of carbonyl (C=O) groups excluding carboxylic acids is 3. The van der Waals surface area contributed by atoms with Gasteiger partial charge in [0.2, 0.25) is 0 Å². The molecule has 0 aliphatic rings. The monoisotopic (exact) mass is 981 g/mol. The van der Waals surface area contributed by atoms with Crippen molar-refractivity contribution in [1.29, 1.82) is 0 Å². The second-order valence-electron chi connectivity index (χ2n) is 18.4. The third-order valence-electron chi connectivity index (χ3n) is 11.7. The average Bonchev–Trinajstić information content (AvgIpc) is 3.37. The molecule has 0 fully saturated rings. The summed E-state index contributed by atoms with van der Waals surface area (Å²) in [7, 11) is 0. The Balaban J connectivity index is 4.45. The zero-order chi connectivity index (χ0) is 51.4. The van der Waals surface area contributed by atoms with E-state index < -0.39 is 6.10 Å². The van der Waals surface area contributed by atoms with Crippen LogP contribution < -0.4 is 0 Å². The molecule has 71 heavy (non-hydrogen) atoms. The first kappa shape index (κ1) is 66.6. The Labute approximate surface area is 436 Å². The van der Waals surface area contributed by atoms with Gasteiger partial charge in [0.05, 0.1) is 0 Å². The Morgan fingerprint density at radius 2 is 0.549 bits per heavy atom. The molecular weight excluding hydrogens is 877 g/mol. The highest BCUT2D eigenvalue weighted by molar-refractivity contribution is 5.71. The van der Waals surface area contributed by atoms with Gasteiger partial charge in [-0.1, -0.05) is 238 Å². The van der Waals surface area contributed by atoms with Gasteiger partial charge in [-0.3, -0.25) is 14.4 Å². The molecule has 0 saturated carbocycles. The number of esters is 3. The summed E-state index contributed by atoms with van der Waals surface area (Å²) < 4.78 is 16.8. The third kappa shape index (κ3) is 56.3. The van der Waals surface area contributed by atoms with Crippen LogP contribution in [0.2, 0.25) is 0 Å². The molecule has 0 aromatic rings. The first-order valence-electron chi connectivity index (χ1n) is 28.7. The average molecular weight is 982 g/mol. The normalized spacial score (nSPS) is 13.1. The summed E-state index contributed by atoms with van der Waals surface area (Å²) in [4.78, 5) is 38.1. The van der Waals surface area contributed by atoms with Crippen molar-refractivity contribution in [3.05, 3.63) is 134 Å². The van der Waals surface area contributed by atoms with E-state index >= 15 is 0 Å². The first-order chi connectivity index (χ1) is 35.0. The fraction of sp³-hybridized carbons (Fsp3) is 0.615. The van der Waals surface area contributed by atoms with Crippen LogP contribution in [0.25, 0.3) is 0 Å². The molecule has 0 heterocycles. The van der Waals surface area contributed by atoms with Crippen LogP contribution in [-0.4, -0.2) is 37.2 Å². The molecule has 0 spiro atoms. The fourth-order valence-electron chi connectivity index (χ4n) is 7.41. The molecule has 0 radical (unpaired) electrons. The van der Waals surface area contributed by atoms with Crippen molar-refractivity contribution < 1.29 is 28.6 Å². The van der Waals surface area contributed by atoms with E-state index in [0.29, 0.717) is 12.8 Å². The van der Waals surface area contributed by atoms with E-state index in [0.717, 1.165) is 148 Å². The van der Waals surface area contributed by atoms with Crippen LogP contribution in [0.3, 0.4) is 0 Å². The predicted molar refractivity (Wildman–Crippen MR) is 306 cm³/mol. The van der Waals surface area contributed by atoms with Gasteiger partial charge < -0.3 is 14.2 Å². The lowest BCUT2D eigenvalue weighted by molar-refractivity contribution is -0.167. The minimum atomic E-state index is -0.808. The van der Waals surface area contributed by atoms with Crippen molar-refractivity contribution in [1.82, 2.24) is 0 Å². The molecule has 0 amide bonds. The van der Waals surface area contributed by atoms with Gasteiger partial charge in [-0.2, -0.15) is 0 Å². The fourth-order valence-corrected chi connectivity index (χ4v) is 7.41. The van der Waals surface area contributed by atoms with Crippen LogP contribution >= 0.6 is 0 Å². The van der Waals surface area contributed by atoms with Gasteiger partial charge in [-0.05, 0) is 116 Å². The van der Waals surface area contributed by atoms with Gasteiger partial charge in [0, 0.05) is 19.3 Å². The summed E-state index contributed by atoms with van der Waals surface area (Å²) in [5.41, 5.74) is 0. The number of hydrogen-bond acceptors (Lipinski definition) is 6. The standard InChI is InChI=1S/C65H104O6/c1-4-7-10-13-16-19-22-24-26-28-29-30-31-32-33-34-35-37-38-40-43-46-49-52-55-58-64(67)70-61-62(60-69-63(66)57-54-51-48-45-42-21-18-15-12-9-6-3)71-65(68)59-56-53-50-47-44-41-39-36-27-25-23-20-17-14-11-8-5-2/h7-8,10-11,16-17,19-20,24-27,29-30,32-33,35,37,39-41,43,62H,4-6,9,12-15,18,21-23,28,31,34,36,38,42,44-61H2,1-3H3/b10-7-,11-8-,19-16-,20-17-,26-24-,27-25-,30-29-,33-32-,37-35-,41-39-,43-40-. The van der Waals surface area contributed by atoms with Crippen LogP contribution in [0.5, 0.6) is 0 Å². The summed E-state index contributed by atoms with van der Waals surface area (Å²) in [6.07, 6.45) is 81.6. The molecule has 0 bridgehead atoms. The summed E-state index contributed by atoms with van der Waals surface area (Å²) in [6.45, 7) is 6.35. The Bertz CT molecular complexity index is 1550. The maximum atomic E-state index is 12.8. The van der Waals surface area contributed by atoms with Crippen LogP contribution in [-0.2, 0) is 28.6 Å². The molecule has 0 aliphatic carbocycles. The summed E-state index contributed by atoms with van der Waals surface area (Å²) >= 11 is 0. The molecule has 6 nitrogen and oxygen atoms in total. The summed E-state index contributed by atoms with van der Waals surface area (Å²) in [6, 6.07) is 0. The number of ether oxygens (including phenoxy) is 3. The van der Waals surface area contributed by atoms with Crippen molar-refractivity contribution in [2.24, 2.45) is 0 Å². The maximum absolute atomic E-state index is 12.8. The maximum Gasteiger partial charge on any atom is 0.306 e. The highest BCUT2D eigenvalue weighted by Crippen LogP contribution is 2.14. The van der Waals surface area contributed by atoms with E-state index in [1.165, 1.54) is 51.4 Å². The molecule has 0 saturated heterocycles. The number of allylic oxidation sites excluding steroid dienone is 22. The van der Waals surface area contributed by atoms with Gasteiger partial charge >= 0.3 is 17.9 Å². The van der Waals surface area contributed by atoms with E-state index in [2.05, 4.69) is 154 Å². The van der Waals surface area contributed by atoms with Gasteiger partial charge in [0.15, 0.2) is 6.10 Å². The molecule has 1 atom stereocenters. The number of rotatable bonds is 50. The van der Waals surface area contributed by atoms with Crippen LogP contribution in [0.15, 0.2) is 134 Å². The molecular formula is C65H104O6. The second-order valence-corrected chi connectivity index (χ2v) is 18.4. The highest BCUT2D eigenvalue weighted by atomic mass is 16.6. The third-order valence-corrected chi connectivity index (χ3v) is 11.7. The molecule has 0 aromatic carbocycles. The van der Waals surface area contributed by atoms with E-state index in [9.17, 15) is 14.4 Å². The van der Waals surface area contributed by atoms with Gasteiger partial charge in [0.1, 0.15) is 13.2 Å². The van der Waals surface area contributed by atoms with Gasteiger partial charge in [-0.15, -0.1) is 0 Å². The highest BCUT2D eigenvalue weighted by Gasteiger charge is 2.19. The number of hydrogen-bond donors (Lipinski definition) is 0. The van der Waals surface area contributed by atoms with E-state index in [1.807, 2.05) is 0 Å². The lowest BCUT2D eigenvalue weighted by Gasteiger charge is -2.18. The van der Waals surface area contributed by atoms with Crippen molar-refractivity contribution in [2.75, 3.05) is 13.2 Å². The van der Waals surface area contributed by atoms with Crippen LogP contribution in [0.1, 0.15) is 239 Å². The zero-order valence-electron chi connectivity index (χ0n) is 45.7. The van der Waals surface area contributed by atoms with E-state index in [-0.39, 0.29) is 37.5 Å². The molecule has 1 unspecified atom stereocenters. The van der Waals surface area contributed by atoms with Gasteiger partial charge in [-0.25, -0.2) is 0 Å². The first-order valence-corrected chi connectivity index (χ1v) is 28.7. The van der Waals surface area contributed by atoms with E-state index in [1.54, 1.807) is 0 Å². The molecule has 400 valence electrons. The molecule has 0 aromatic heterocycles. The molecule has 0 N–H and O–H groups in total. The summed E-state index contributed by atoms with van der Waals surface area (Å²) in [5.74, 6) is -0.965. The van der Waals surface area contributed by atoms with Crippen molar-refractivity contribution >= 4 is 17.9 Å². The van der Waals surface area contributed by atoms with Crippen LogP contribution in [0.4, 0.5) is 0 Å². The number of unbranched alkanes of at least 4 members (excludes halogenated alkanes) is 17. The molecule has 6 heteroatoms. The minimum absolute atomic E-state index is 0.102. The quantitative estimate of drug-likeness (QED) is 0.0262. The van der Waals surface area contributed by atoms with Gasteiger partial charge in [0.25, 0.3) is 0 Å². The number of carbonyl (C=O) groups is 3. The summed E-state index contributed by atoms with van der Waals surface area (Å²) in [5, 5.41) is 0. The topological polar surface area (TPSA) is 78.9 Å².